The average molecular weight is 219 g/mol. The Kier molecular flexibility index (Phi) is 2.02. The maximum Gasteiger partial charge on any atom is 0.253 e. The molecule has 1 aromatic rings. The van der Waals surface area contributed by atoms with E-state index in [1.165, 1.54) is 11.5 Å². The van der Waals surface area contributed by atoms with Gasteiger partial charge in [-0.3, -0.25) is 4.79 Å². The van der Waals surface area contributed by atoms with Crippen LogP contribution in [0.3, 0.4) is 0 Å². The minimum atomic E-state index is 0.193. The molecule has 0 bridgehead atoms. The molecular formula is C12H13NOS. The van der Waals surface area contributed by atoms with Crippen molar-refractivity contribution >= 4 is 17.7 Å². The summed E-state index contributed by atoms with van der Waals surface area (Å²) in [5.41, 5.74) is 1.31. The quantitative estimate of drug-likeness (QED) is 0.718. The number of carbonyl (C=O) groups is 1. The Morgan fingerprint density at radius 2 is 1.87 bits per heavy atom. The van der Waals surface area contributed by atoms with Gasteiger partial charge in [0.2, 0.25) is 0 Å². The van der Waals surface area contributed by atoms with Gasteiger partial charge < -0.3 is 4.90 Å². The van der Waals surface area contributed by atoms with Gasteiger partial charge in [0.15, 0.2) is 0 Å². The van der Waals surface area contributed by atoms with Crippen LogP contribution in [0.1, 0.15) is 10.4 Å². The summed E-state index contributed by atoms with van der Waals surface area (Å²) < 4.78 is 0. The second kappa shape index (κ2) is 3.27. The van der Waals surface area contributed by atoms with Crippen molar-refractivity contribution in [3.8, 4) is 0 Å². The predicted octanol–water partition coefficient (Wildman–Crippen LogP) is 1.88. The van der Waals surface area contributed by atoms with Crippen LogP contribution in [0.2, 0.25) is 0 Å². The van der Waals surface area contributed by atoms with Crippen LogP contribution in [-0.4, -0.2) is 35.4 Å². The molecule has 1 amide bonds. The number of thioether (sulfide) groups is 1. The molecule has 2 saturated heterocycles. The second-order valence-corrected chi connectivity index (χ2v) is 5.51. The first-order chi connectivity index (χ1) is 7.29. The maximum atomic E-state index is 12.0. The highest BCUT2D eigenvalue weighted by Crippen LogP contribution is 2.45. The number of benzene rings is 1. The molecule has 2 nitrogen and oxygen atoms in total. The Labute approximate surface area is 93.7 Å². The largest absolute Gasteiger partial charge is 0.337 e. The Morgan fingerprint density at radius 3 is 2.40 bits per heavy atom. The van der Waals surface area contributed by atoms with E-state index in [2.05, 4.69) is 0 Å². The molecule has 3 heteroatoms. The van der Waals surface area contributed by atoms with E-state index in [4.69, 9.17) is 0 Å². The van der Waals surface area contributed by atoms with Crippen LogP contribution in [0.15, 0.2) is 30.3 Å². The van der Waals surface area contributed by atoms with Crippen molar-refractivity contribution in [1.29, 1.82) is 0 Å². The lowest BCUT2D eigenvalue weighted by atomic mass is 9.82. The van der Waals surface area contributed by atoms with E-state index in [1.807, 2.05) is 47.0 Å². The molecule has 0 aliphatic carbocycles. The van der Waals surface area contributed by atoms with Crippen LogP contribution in [-0.2, 0) is 0 Å². The standard InChI is InChI=1S/C12H13NOS/c14-11(10-4-2-1-3-5-10)13-6-12(7-13)8-15-9-12/h1-5H,6-9H2. The van der Waals surface area contributed by atoms with Gasteiger partial charge in [-0.2, -0.15) is 11.8 Å². The third kappa shape index (κ3) is 1.46. The molecular weight excluding hydrogens is 206 g/mol. The summed E-state index contributed by atoms with van der Waals surface area (Å²) in [6.45, 7) is 1.93. The van der Waals surface area contributed by atoms with Gasteiger partial charge in [0.1, 0.15) is 0 Å². The zero-order chi connectivity index (χ0) is 10.3. The molecule has 0 radical (unpaired) electrons. The number of carbonyl (C=O) groups excluding carboxylic acids is 1. The molecule has 0 aromatic heterocycles. The van der Waals surface area contributed by atoms with Gasteiger partial charge in [0.25, 0.3) is 5.91 Å². The van der Waals surface area contributed by atoms with E-state index >= 15 is 0 Å². The first-order valence-corrected chi connectivity index (χ1v) is 6.37. The smallest absolute Gasteiger partial charge is 0.253 e. The molecule has 3 rings (SSSR count). The first-order valence-electron chi connectivity index (χ1n) is 5.21. The van der Waals surface area contributed by atoms with Crippen LogP contribution in [0.4, 0.5) is 0 Å². The van der Waals surface area contributed by atoms with E-state index in [9.17, 15) is 4.79 Å². The summed E-state index contributed by atoms with van der Waals surface area (Å²) in [4.78, 5) is 13.9. The molecule has 0 unspecified atom stereocenters. The van der Waals surface area contributed by atoms with Crippen LogP contribution < -0.4 is 0 Å². The first kappa shape index (κ1) is 9.28. The summed E-state index contributed by atoms with van der Waals surface area (Å²) in [7, 11) is 0. The normalized spacial score (nSPS) is 22.0. The van der Waals surface area contributed by atoms with Crippen LogP contribution in [0.5, 0.6) is 0 Å². The van der Waals surface area contributed by atoms with Gasteiger partial charge in [-0.15, -0.1) is 0 Å². The number of likely N-dealkylation sites (tertiary alicyclic amines) is 1. The van der Waals surface area contributed by atoms with Crippen LogP contribution in [0, 0.1) is 5.41 Å². The minimum Gasteiger partial charge on any atom is -0.337 e. The molecule has 1 spiro atoms. The monoisotopic (exact) mass is 219 g/mol. The molecule has 2 aliphatic rings. The topological polar surface area (TPSA) is 20.3 Å². The average Bonchev–Trinajstić information content (AvgIpc) is 2.14. The molecule has 15 heavy (non-hydrogen) atoms. The molecule has 2 aliphatic heterocycles. The van der Waals surface area contributed by atoms with E-state index in [1.54, 1.807) is 0 Å². The number of amides is 1. The molecule has 0 atom stereocenters. The zero-order valence-electron chi connectivity index (χ0n) is 8.48. The van der Waals surface area contributed by atoms with Crippen molar-refractivity contribution in [2.45, 2.75) is 0 Å². The van der Waals surface area contributed by atoms with Gasteiger partial charge >= 0.3 is 0 Å². The second-order valence-electron chi connectivity index (χ2n) is 4.52. The fraction of sp³-hybridized carbons (Fsp3) is 0.417. The Hall–Kier alpha value is -0.960. The van der Waals surface area contributed by atoms with Gasteiger partial charge in [-0.05, 0) is 12.1 Å². The number of nitrogens with zero attached hydrogens (tertiary/aromatic N) is 1. The highest BCUT2D eigenvalue weighted by atomic mass is 32.2. The third-order valence-corrected chi connectivity index (χ3v) is 4.81. The highest BCUT2D eigenvalue weighted by Gasteiger charge is 2.49. The van der Waals surface area contributed by atoms with Gasteiger partial charge in [-0.25, -0.2) is 0 Å². The summed E-state index contributed by atoms with van der Waals surface area (Å²) in [6.07, 6.45) is 0. The molecule has 2 heterocycles. The third-order valence-electron chi connectivity index (χ3n) is 3.18. The van der Waals surface area contributed by atoms with Gasteiger partial charge in [-0.1, -0.05) is 18.2 Å². The number of rotatable bonds is 1. The predicted molar refractivity (Wildman–Crippen MR) is 62.1 cm³/mol. The lowest BCUT2D eigenvalue weighted by Gasteiger charge is -2.55. The van der Waals surface area contributed by atoms with Crippen molar-refractivity contribution in [2.75, 3.05) is 24.6 Å². The van der Waals surface area contributed by atoms with E-state index in [-0.39, 0.29) is 5.91 Å². The molecule has 0 N–H and O–H groups in total. The lowest BCUT2D eigenvalue weighted by Crippen LogP contribution is -2.64. The summed E-state index contributed by atoms with van der Waals surface area (Å²) in [6, 6.07) is 9.56. The van der Waals surface area contributed by atoms with Crippen LogP contribution >= 0.6 is 11.8 Å². The van der Waals surface area contributed by atoms with Crippen molar-refractivity contribution in [3.05, 3.63) is 35.9 Å². The summed E-state index contributed by atoms with van der Waals surface area (Å²) in [5, 5.41) is 0. The SMILES string of the molecule is O=C(c1ccccc1)N1CC2(CSC2)C1. The number of hydrogen-bond acceptors (Lipinski definition) is 2. The fourth-order valence-electron chi connectivity index (χ4n) is 2.24. The lowest BCUT2D eigenvalue weighted by molar-refractivity contribution is 0.0231. The van der Waals surface area contributed by atoms with Gasteiger partial charge in [0.05, 0.1) is 0 Å². The van der Waals surface area contributed by atoms with Crippen molar-refractivity contribution < 1.29 is 4.79 Å². The molecule has 0 saturated carbocycles. The van der Waals surface area contributed by atoms with Crippen molar-refractivity contribution in [2.24, 2.45) is 5.41 Å². The van der Waals surface area contributed by atoms with Crippen molar-refractivity contribution in [3.63, 3.8) is 0 Å². The zero-order valence-corrected chi connectivity index (χ0v) is 9.30. The van der Waals surface area contributed by atoms with E-state index in [0.717, 1.165) is 18.7 Å². The van der Waals surface area contributed by atoms with Crippen molar-refractivity contribution in [1.82, 2.24) is 4.90 Å². The minimum absolute atomic E-state index is 0.193. The summed E-state index contributed by atoms with van der Waals surface area (Å²) >= 11 is 1.99. The molecule has 2 fully saturated rings. The Bertz CT molecular complexity index is 378. The Morgan fingerprint density at radius 1 is 1.20 bits per heavy atom. The van der Waals surface area contributed by atoms with E-state index in [0.29, 0.717) is 5.41 Å². The Balaban J connectivity index is 1.67. The highest BCUT2D eigenvalue weighted by molar-refractivity contribution is 8.00. The summed E-state index contributed by atoms with van der Waals surface area (Å²) in [5.74, 6) is 2.68. The van der Waals surface area contributed by atoms with Gasteiger partial charge in [0, 0.05) is 35.6 Å². The fourth-order valence-corrected chi connectivity index (χ4v) is 3.39. The maximum absolute atomic E-state index is 12.0. The van der Waals surface area contributed by atoms with Crippen LogP contribution in [0.25, 0.3) is 0 Å². The number of hydrogen-bond donors (Lipinski definition) is 0. The molecule has 78 valence electrons. The molecule has 1 aromatic carbocycles. The van der Waals surface area contributed by atoms with E-state index < -0.39 is 0 Å².